The Morgan fingerprint density at radius 1 is 1.30 bits per heavy atom. The normalized spacial score (nSPS) is 21.9. The van der Waals surface area contributed by atoms with Crippen molar-refractivity contribution in [2.24, 2.45) is 0 Å². The minimum Gasteiger partial charge on any atom is -0.374 e. The smallest absolute Gasteiger partial charge is 0.0896 e. The van der Waals surface area contributed by atoms with E-state index in [0.29, 0.717) is 6.04 Å². The van der Waals surface area contributed by atoms with Crippen LogP contribution in [0.15, 0.2) is 24.3 Å². The number of likely N-dealkylation sites (N-methyl/N-ethyl adjacent to an activating group) is 1. The molecule has 1 aliphatic rings. The Balaban J connectivity index is 2.11. The largest absolute Gasteiger partial charge is 0.374 e. The number of ether oxygens (including phenoxy) is 1. The van der Waals surface area contributed by atoms with Crippen LogP contribution in [0.25, 0.3) is 0 Å². The Morgan fingerprint density at radius 2 is 2.05 bits per heavy atom. The molecule has 20 heavy (non-hydrogen) atoms. The fraction of sp³-hybridized carbons (Fsp3) is 0.647. The van der Waals surface area contributed by atoms with E-state index in [1.54, 1.807) is 0 Å². The monoisotopic (exact) mass is 276 g/mol. The summed E-state index contributed by atoms with van der Waals surface area (Å²) >= 11 is 0. The number of hydrogen-bond acceptors (Lipinski definition) is 3. The highest BCUT2D eigenvalue weighted by Gasteiger charge is 2.28. The topological polar surface area (TPSA) is 24.5 Å². The van der Waals surface area contributed by atoms with E-state index in [0.717, 1.165) is 39.2 Å². The molecule has 1 aliphatic heterocycles. The molecular formula is C17H28N2O. The lowest BCUT2D eigenvalue weighted by Crippen LogP contribution is -2.48. The lowest BCUT2D eigenvalue weighted by Gasteiger charge is -2.37. The first-order valence-corrected chi connectivity index (χ1v) is 7.88. The van der Waals surface area contributed by atoms with Crippen molar-refractivity contribution in [2.45, 2.75) is 39.3 Å². The van der Waals surface area contributed by atoms with Crippen LogP contribution in [0, 0.1) is 6.92 Å². The SMILES string of the molecule is CCCNC(c1ccc(C)cc1)C1CN(CC)CCO1. The number of rotatable bonds is 6. The summed E-state index contributed by atoms with van der Waals surface area (Å²) in [6.45, 7) is 11.6. The molecule has 1 fully saturated rings. The maximum atomic E-state index is 6.05. The average Bonchev–Trinajstić information content (AvgIpc) is 2.49. The molecule has 1 aromatic carbocycles. The van der Waals surface area contributed by atoms with E-state index in [2.05, 4.69) is 55.3 Å². The third-order valence-electron chi connectivity index (χ3n) is 4.05. The van der Waals surface area contributed by atoms with Crippen molar-refractivity contribution < 1.29 is 4.74 Å². The second-order valence-corrected chi connectivity index (χ2v) is 5.64. The lowest BCUT2D eigenvalue weighted by atomic mass is 9.98. The molecule has 0 radical (unpaired) electrons. The van der Waals surface area contributed by atoms with Gasteiger partial charge in [-0.25, -0.2) is 0 Å². The van der Waals surface area contributed by atoms with Crippen molar-refractivity contribution >= 4 is 0 Å². The second-order valence-electron chi connectivity index (χ2n) is 5.64. The summed E-state index contributed by atoms with van der Waals surface area (Å²) in [5.41, 5.74) is 2.65. The molecule has 0 aromatic heterocycles. The summed E-state index contributed by atoms with van der Waals surface area (Å²) in [5.74, 6) is 0. The van der Waals surface area contributed by atoms with Gasteiger partial charge in [-0.05, 0) is 32.0 Å². The number of nitrogens with one attached hydrogen (secondary N) is 1. The Hall–Kier alpha value is -0.900. The van der Waals surface area contributed by atoms with Crippen molar-refractivity contribution in [3.63, 3.8) is 0 Å². The first kappa shape index (κ1) is 15.5. The molecule has 1 N–H and O–H groups in total. The highest BCUT2D eigenvalue weighted by atomic mass is 16.5. The number of morpholine rings is 1. The van der Waals surface area contributed by atoms with Gasteiger partial charge in [0.1, 0.15) is 0 Å². The van der Waals surface area contributed by atoms with Gasteiger partial charge in [-0.15, -0.1) is 0 Å². The van der Waals surface area contributed by atoms with Crippen LogP contribution >= 0.6 is 0 Å². The van der Waals surface area contributed by atoms with Gasteiger partial charge in [0.2, 0.25) is 0 Å². The molecule has 1 aromatic rings. The van der Waals surface area contributed by atoms with Gasteiger partial charge >= 0.3 is 0 Å². The molecule has 3 nitrogen and oxygen atoms in total. The maximum Gasteiger partial charge on any atom is 0.0896 e. The van der Waals surface area contributed by atoms with Crippen LogP contribution in [0.4, 0.5) is 0 Å². The number of aryl methyl sites for hydroxylation is 1. The van der Waals surface area contributed by atoms with Gasteiger partial charge in [0.25, 0.3) is 0 Å². The number of benzene rings is 1. The molecule has 0 saturated carbocycles. The molecule has 0 spiro atoms. The second kappa shape index (κ2) is 7.77. The summed E-state index contributed by atoms with van der Waals surface area (Å²) in [5, 5.41) is 3.67. The van der Waals surface area contributed by atoms with Crippen LogP contribution in [0.1, 0.15) is 37.4 Å². The van der Waals surface area contributed by atoms with Crippen LogP contribution in [0.2, 0.25) is 0 Å². The van der Waals surface area contributed by atoms with E-state index in [9.17, 15) is 0 Å². The first-order valence-electron chi connectivity index (χ1n) is 7.88. The lowest BCUT2D eigenvalue weighted by molar-refractivity contribution is -0.0455. The molecule has 0 amide bonds. The molecule has 2 rings (SSSR count). The highest BCUT2D eigenvalue weighted by Crippen LogP contribution is 2.23. The summed E-state index contributed by atoms with van der Waals surface area (Å²) < 4.78 is 6.05. The van der Waals surface area contributed by atoms with Crippen molar-refractivity contribution in [1.29, 1.82) is 0 Å². The van der Waals surface area contributed by atoms with Crippen molar-refractivity contribution in [3.8, 4) is 0 Å². The summed E-state index contributed by atoms with van der Waals surface area (Å²) in [7, 11) is 0. The van der Waals surface area contributed by atoms with E-state index in [1.807, 2.05) is 0 Å². The quantitative estimate of drug-likeness (QED) is 0.864. The zero-order valence-electron chi connectivity index (χ0n) is 13.1. The number of nitrogens with zero attached hydrogens (tertiary/aromatic N) is 1. The van der Waals surface area contributed by atoms with E-state index >= 15 is 0 Å². The van der Waals surface area contributed by atoms with Gasteiger partial charge in [0.15, 0.2) is 0 Å². The van der Waals surface area contributed by atoms with E-state index in [1.165, 1.54) is 11.1 Å². The standard InChI is InChI=1S/C17H28N2O/c1-4-10-18-17(15-8-6-14(3)7-9-15)16-13-19(5-2)11-12-20-16/h6-9,16-18H,4-5,10-13H2,1-3H3. The third kappa shape index (κ3) is 4.05. The van der Waals surface area contributed by atoms with Crippen molar-refractivity contribution in [3.05, 3.63) is 35.4 Å². The van der Waals surface area contributed by atoms with Crippen LogP contribution in [0.3, 0.4) is 0 Å². The van der Waals surface area contributed by atoms with Crippen LogP contribution in [-0.4, -0.2) is 43.8 Å². The molecule has 112 valence electrons. The Kier molecular flexibility index (Phi) is 6.02. The molecule has 1 saturated heterocycles. The molecule has 3 heteroatoms. The zero-order chi connectivity index (χ0) is 14.4. The number of hydrogen-bond donors (Lipinski definition) is 1. The summed E-state index contributed by atoms with van der Waals surface area (Å²) in [6.07, 6.45) is 1.39. The van der Waals surface area contributed by atoms with Gasteiger partial charge in [-0.1, -0.05) is 43.7 Å². The van der Waals surface area contributed by atoms with E-state index in [-0.39, 0.29) is 6.10 Å². The molecule has 2 atom stereocenters. The average molecular weight is 276 g/mol. The van der Waals surface area contributed by atoms with E-state index < -0.39 is 0 Å². The molecule has 0 aliphatic carbocycles. The molecule has 2 unspecified atom stereocenters. The predicted octanol–water partition coefficient (Wildman–Crippen LogP) is 2.76. The van der Waals surface area contributed by atoms with Gasteiger partial charge in [0, 0.05) is 13.1 Å². The first-order chi connectivity index (χ1) is 9.74. The predicted molar refractivity (Wildman–Crippen MR) is 84.1 cm³/mol. The Morgan fingerprint density at radius 3 is 2.70 bits per heavy atom. The fourth-order valence-corrected chi connectivity index (χ4v) is 2.76. The van der Waals surface area contributed by atoms with Crippen LogP contribution in [0.5, 0.6) is 0 Å². The van der Waals surface area contributed by atoms with Crippen molar-refractivity contribution in [1.82, 2.24) is 10.2 Å². The summed E-state index contributed by atoms with van der Waals surface area (Å²) in [6, 6.07) is 9.14. The van der Waals surface area contributed by atoms with Crippen LogP contribution in [-0.2, 0) is 4.74 Å². The minimum absolute atomic E-state index is 0.248. The fourth-order valence-electron chi connectivity index (χ4n) is 2.76. The highest BCUT2D eigenvalue weighted by molar-refractivity contribution is 5.25. The Labute approximate surface area is 123 Å². The maximum absolute atomic E-state index is 6.05. The van der Waals surface area contributed by atoms with Gasteiger partial charge in [0.05, 0.1) is 18.8 Å². The van der Waals surface area contributed by atoms with E-state index in [4.69, 9.17) is 4.74 Å². The third-order valence-corrected chi connectivity index (χ3v) is 4.05. The Bertz CT molecular complexity index is 390. The zero-order valence-corrected chi connectivity index (χ0v) is 13.1. The molecule has 1 heterocycles. The van der Waals surface area contributed by atoms with Crippen LogP contribution < -0.4 is 5.32 Å². The van der Waals surface area contributed by atoms with Crippen molar-refractivity contribution in [2.75, 3.05) is 32.8 Å². The summed E-state index contributed by atoms with van der Waals surface area (Å²) in [4.78, 5) is 2.48. The van der Waals surface area contributed by atoms with Gasteiger partial charge in [-0.2, -0.15) is 0 Å². The van der Waals surface area contributed by atoms with Gasteiger partial charge in [-0.3, -0.25) is 4.90 Å². The molecular weight excluding hydrogens is 248 g/mol. The molecule has 0 bridgehead atoms. The van der Waals surface area contributed by atoms with Gasteiger partial charge < -0.3 is 10.1 Å². The minimum atomic E-state index is 0.248.